The van der Waals surface area contributed by atoms with E-state index in [-0.39, 0.29) is 37.7 Å². The predicted molar refractivity (Wildman–Crippen MR) is 82.1 cm³/mol. The van der Waals surface area contributed by atoms with Crippen LogP contribution in [0, 0.1) is 0 Å². The molecule has 0 atom stereocenters. The Balaban J connectivity index is 0.00000180. The Hall–Kier alpha value is -0.380. The minimum absolute atomic E-state index is 0. The van der Waals surface area contributed by atoms with Crippen molar-refractivity contribution < 1.29 is 0 Å². The van der Waals surface area contributed by atoms with Gasteiger partial charge in [0.15, 0.2) is 0 Å². The second kappa shape index (κ2) is 10.4. The third kappa shape index (κ3) is 7.09. The van der Waals surface area contributed by atoms with Gasteiger partial charge in [0.05, 0.1) is 0 Å². The van der Waals surface area contributed by atoms with E-state index in [0.717, 1.165) is 26.2 Å². The Bertz CT molecular complexity index is 388. The molecule has 0 heterocycles. The van der Waals surface area contributed by atoms with E-state index >= 15 is 0 Å². The molecule has 2 nitrogen and oxygen atoms in total. The fraction of sp³-hybridized carbons (Fsp3) is 0.250. The number of benzene rings is 2. The molecule has 0 aliphatic carbocycles. The molecule has 0 amide bonds. The van der Waals surface area contributed by atoms with Crippen molar-refractivity contribution in [3.05, 3.63) is 71.8 Å². The summed E-state index contributed by atoms with van der Waals surface area (Å²) in [5.74, 6) is 0. The number of rotatable bonds is 7. The van der Waals surface area contributed by atoms with Crippen molar-refractivity contribution in [1.29, 1.82) is 0 Å². The second-order valence-corrected chi connectivity index (χ2v) is 4.32. The summed E-state index contributed by atoms with van der Waals surface area (Å²) >= 11 is 0. The van der Waals surface area contributed by atoms with E-state index in [1.165, 1.54) is 11.1 Å². The van der Waals surface area contributed by atoms with Gasteiger partial charge in [-0.15, -0.1) is 0 Å². The fourth-order valence-electron chi connectivity index (χ4n) is 1.83. The monoisotopic (exact) mass is 280 g/mol. The predicted octanol–water partition coefficient (Wildman–Crippen LogP) is 2.19. The van der Waals surface area contributed by atoms with E-state index in [1.807, 2.05) is 12.1 Å². The van der Waals surface area contributed by atoms with Crippen LogP contribution < -0.4 is 10.6 Å². The second-order valence-electron chi connectivity index (χ2n) is 4.32. The van der Waals surface area contributed by atoms with Crippen LogP contribution in [0.4, 0.5) is 0 Å². The van der Waals surface area contributed by atoms with Crippen molar-refractivity contribution in [1.82, 2.24) is 10.6 Å². The van der Waals surface area contributed by atoms with Crippen molar-refractivity contribution in [3.8, 4) is 0 Å². The molecule has 0 aliphatic rings. The first-order valence-electron chi connectivity index (χ1n) is 6.44. The Kier molecular flexibility index (Phi) is 9.14. The molecule has 0 bridgehead atoms. The number of nitrogens with one attached hydrogen (secondary N) is 2. The number of hydrogen-bond acceptors (Lipinski definition) is 2. The van der Waals surface area contributed by atoms with Gasteiger partial charge in [-0.2, -0.15) is 0 Å². The summed E-state index contributed by atoms with van der Waals surface area (Å²) in [6, 6.07) is 21.0. The molecule has 0 aromatic heterocycles. The Labute approximate surface area is 145 Å². The van der Waals surface area contributed by atoms with Crippen molar-refractivity contribution >= 4 is 37.7 Å². The maximum atomic E-state index is 3.43. The van der Waals surface area contributed by atoms with Gasteiger partial charge in [-0.3, -0.25) is 0 Å². The van der Waals surface area contributed by atoms with Crippen LogP contribution in [0.3, 0.4) is 0 Å². The Morgan fingerprint density at radius 3 is 1.32 bits per heavy atom. The quantitative estimate of drug-likeness (QED) is 0.600. The largest absolute Gasteiger partial charge is 2.00 e. The van der Waals surface area contributed by atoms with Gasteiger partial charge < -0.3 is 10.6 Å². The standard InChI is InChI=1S/C16H20N2.Ca/c1-3-7-15(8-4-1)13-17-11-12-18-14-16-9-5-2-6-10-16;/h1-10,17-18H,11-14H2;/q;+2. The van der Waals surface area contributed by atoms with Crippen LogP contribution in [0.15, 0.2) is 60.7 Å². The van der Waals surface area contributed by atoms with Crippen LogP contribution in [0.25, 0.3) is 0 Å². The zero-order valence-corrected chi connectivity index (χ0v) is 13.5. The summed E-state index contributed by atoms with van der Waals surface area (Å²) < 4.78 is 0. The third-order valence-electron chi connectivity index (χ3n) is 2.82. The third-order valence-corrected chi connectivity index (χ3v) is 2.82. The van der Waals surface area contributed by atoms with Crippen molar-refractivity contribution in [3.63, 3.8) is 0 Å². The maximum absolute atomic E-state index is 3.43. The molecule has 94 valence electrons. The summed E-state index contributed by atoms with van der Waals surface area (Å²) in [7, 11) is 0. The van der Waals surface area contributed by atoms with Gasteiger partial charge in [-0.05, 0) is 11.1 Å². The molecule has 0 fully saturated rings. The zero-order chi connectivity index (χ0) is 12.5. The van der Waals surface area contributed by atoms with Crippen LogP contribution >= 0.6 is 0 Å². The molecule has 0 aliphatic heterocycles. The number of hydrogen-bond donors (Lipinski definition) is 2. The minimum Gasteiger partial charge on any atom is -0.311 e. The van der Waals surface area contributed by atoms with Gasteiger partial charge in [0, 0.05) is 26.2 Å². The van der Waals surface area contributed by atoms with Gasteiger partial charge >= 0.3 is 37.7 Å². The summed E-state index contributed by atoms with van der Waals surface area (Å²) in [6.45, 7) is 3.85. The molecule has 2 aromatic carbocycles. The van der Waals surface area contributed by atoms with Gasteiger partial charge in [-0.25, -0.2) is 0 Å². The van der Waals surface area contributed by atoms with Crippen LogP contribution in [-0.4, -0.2) is 50.8 Å². The SMILES string of the molecule is [Ca+2].c1ccc(CNCCNCc2ccccc2)cc1. The van der Waals surface area contributed by atoms with E-state index in [1.54, 1.807) is 0 Å². The first kappa shape index (κ1) is 16.7. The van der Waals surface area contributed by atoms with Crippen molar-refractivity contribution in [2.45, 2.75) is 13.1 Å². The van der Waals surface area contributed by atoms with Gasteiger partial charge in [0.2, 0.25) is 0 Å². The molecule has 2 rings (SSSR count). The van der Waals surface area contributed by atoms with Crippen LogP contribution in [0.5, 0.6) is 0 Å². The fourth-order valence-corrected chi connectivity index (χ4v) is 1.83. The molecule has 2 aromatic rings. The first-order valence-corrected chi connectivity index (χ1v) is 6.44. The van der Waals surface area contributed by atoms with Crippen LogP contribution in [0.1, 0.15) is 11.1 Å². The zero-order valence-electron chi connectivity index (χ0n) is 11.3. The molecular weight excluding hydrogens is 260 g/mol. The Morgan fingerprint density at radius 1 is 0.579 bits per heavy atom. The van der Waals surface area contributed by atoms with E-state index in [0.29, 0.717) is 0 Å². The van der Waals surface area contributed by atoms with Crippen molar-refractivity contribution in [2.24, 2.45) is 0 Å². The summed E-state index contributed by atoms with van der Waals surface area (Å²) in [5.41, 5.74) is 2.67. The minimum atomic E-state index is 0. The summed E-state index contributed by atoms with van der Waals surface area (Å²) in [5, 5.41) is 6.85. The molecule has 0 saturated carbocycles. The van der Waals surface area contributed by atoms with Crippen LogP contribution in [0.2, 0.25) is 0 Å². The molecule has 0 spiro atoms. The van der Waals surface area contributed by atoms with E-state index < -0.39 is 0 Å². The summed E-state index contributed by atoms with van der Waals surface area (Å²) in [4.78, 5) is 0. The molecule has 2 N–H and O–H groups in total. The molecule has 0 radical (unpaired) electrons. The van der Waals surface area contributed by atoms with E-state index in [4.69, 9.17) is 0 Å². The van der Waals surface area contributed by atoms with Crippen LogP contribution in [-0.2, 0) is 13.1 Å². The average Bonchev–Trinajstić information content (AvgIpc) is 2.45. The molecule has 3 heteroatoms. The van der Waals surface area contributed by atoms with Gasteiger partial charge in [-0.1, -0.05) is 60.7 Å². The maximum Gasteiger partial charge on any atom is 2.00 e. The molecule has 19 heavy (non-hydrogen) atoms. The summed E-state index contributed by atoms with van der Waals surface area (Å²) in [6.07, 6.45) is 0. The van der Waals surface area contributed by atoms with Gasteiger partial charge in [0.1, 0.15) is 0 Å². The first-order chi connectivity index (χ1) is 8.95. The smallest absolute Gasteiger partial charge is 0.311 e. The molecular formula is C16H20CaN2+2. The topological polar surface area (TPSA) is 24.1 Å². The average molecular weight is 280 g/mol. The molecule has 0 saturated heterocycles. The van der Waals surface area contributed by atoms with Crippen molar-refractivity contribution in [2.75, 3.05) is 13.1 Å². The Morgan fingerprint density at radius 2 is 0.947 bits per heavy atom. The molecule has 0 unspecified atom stereocenters. The van der Waals surface area contributed by atoms with Gasteiger partial charge in [0.25, 0.3) is 0 Å². The van der Waals surface area contributed by atoms with E-state index in [2.05, 4.69) is 59.2 Å². The van der Waals surface area contributed by atoms with E-state index in [9.17, 15) is 0 Å². The normalized spacial score (nSPS) is 9.89.